The third-order valence-corrected chi connectivity index (χ3v) is 4.88. The lowest BCUT2D eigenvalue weighted by atomic mass is 9.98. The number of alkyl carbamates (subject to hydrolysis) is 1. The number of rotatable bonds is 9. The quantitative estimate of drug-likeness (QED) is 0.614. The van der Waals surface area contributed by atoms with E-state index in [9.17, 15) is 14.4 Å². The molecule has 0 aliphatic carbocycles. The molecule has 0 fully saturated rings. The van der Waals surface area contributed by atoms with Gasteiger partial charge in [-0.3, -0.25) is 9.59 Å². The Morgan fingerprint density at radius 3 is 2.19 bits per heavy atom. The molecule has 1 aromatic carbocycles. The van der Waals surface area contributed by atoms with Gasteiger partial charge in [0.2, 0.25) is 11.8 Å². The van der Waals surface area contributed by atoms with E-state index in [-0.39, 0.29) is 17.9 Å². The Morgan fingerprint density at radius 1 is 1.06 bits per heavy atom. The van der Waals surface area contributed by atoms with E-state index < -0.39 is 23.8 Å². The zero-order valence-corrected chi connectivity index (χ0v) is 20.2. The van der Waals surface area contributed by atoms with E-state index in [1.807, 2.05) is 45.0 Å². The highest BCUT2D eigenvalue weighted by molar-refractivity contribution is 5.92. The number of carbonyl (C=O) groups excluding carboxylic acids is 3. The molecule has 0 bridgehead atoms. The highest BCUT2D eigenvalue weighted by Crippen LogP contribution is 2.25. The molecule has 0 heterocycles. The van der Waals surface area contributed by atoms with Crippen LogP contribution in [0.2, 0.25) is 0 Å². The number of hydrogen-bond acceptors (Lipinski definition) is 4. The van der Waals surface area contributed by atoms with Crippen molar-refractivity contribution >= 4 is 17.9 Å². The maximum Gasteiger partial charge on any atom is 0.408 e. The van der Waals surface area contributed by atoms with Crippen LogP contribution in [0.3, 0.4) is 0 Å². The molecule has 0 saturated heterocycles. The van der Waals surface area contributed by atoms with Crippen molar-refractivity contribution < 1.29 is 19.1 Å². The SMILES string of the molecule is CCCC(C)NC(=O)C(c1ccccc1C)N(CC)C(=O)C(C)NC(=O)OC(C)(C)C. The smallest absolute Gasteiger partial charge is 0.408 e. The molecule has 0 aliphatic rings. The summed E-state index contributed by atoms with van der Waals surface area (Å²) in [6.45, 7) is 15.0. The van der Waals surface area contributed by atoms with Crippen LogP contribution >= 0.6 is 0 Å². The van der Waals surface area contributed by atoms with Gasteiger partial charge in [-0.15, -0.1) is 0 Å². The summed E-state index contributed by atoms with van der Waals surface area (Å²) in [5.74, 6) is -0.574. The van der Waals surface area contributed by atoms with Crippen LogP contribution < -0.4 is 10.6 Å². The Balaban J connectivity index is 3.18. The Labute approximate surface area is 186 Å². The van der Waals surface area contributed by atoms with Gasteiger partial charge in [0, 0.05) is 12.6 Å². The fourth-order valence-electron chi connectivity index (χ4n) is 3.43. The molecule has 2 N–H and O–H groups in total. The lowest BCUT2D eigenvalue weighted by Gasteiger charge is -2.34. The van der Waals surface area contributed by atoms with Gasteiger partial charge < -0.3 is 20.3 Å². The van der Waals surface area contributed by atoms with Gasteiger partial charge in [0.1, 0.15) is 17.7 Å². The van der Waals surface area contributed by atoms with Gasteiger partial charge >= 0.3 is 6.09 Å². The molecular weight excluding hydrogens is 394 g/mol. The highest BCUT2D eigenvalue weighted by atomic mass is 16.6. The normalized spacial score (nSPS) is 14.2. The average Bonchev–Trinajstić information content (AvgIpc) is 2.64. The number of aryl methyl sites for hydroxylation is 1. The monoisotopic (exact) mass is 433 g/mol. The van der Waals surface area contributed by atoms with Crippen molar-refractivity contribution in [3.8, 4) is 0 Å². The molecule has 0 aliphatic heterocycles. The minimum atomic E-state index is -0.845. The maximum atomic E-state index is 13.3. The van der Waals surface area contributed by atoms with Gasteiger partial charge in [-0.2, -0.15) is 0 Å². The van der Waals surface area contributed by atoms with Crippen LogP contribution in [0.15, 0.2) is 24.3 Å². The summed E-state index contributed by atoms with van der Waals surface area (Å²) < 4.78 is 5.26. The van der Waals surface area contributed by atoms with E-state index in [0.717, 1.165) is 24.0 Å². The molecule has 3 amide bonds. The van der Waals surface area contributed by atoms with Crippen molar-refractivity contribution in [2.75, 3.05) is 6.54 Å². The molecule has 3 atom stereocenters. The van der Waals surface area contributed by atoms with Crippen molar-refractivity contribution in [2.45, 2.75) is 92.0 Å². The first-order valence-electron chi connectivity index (χ1n) is 11.1. The molecule has 1 rings (SSSR count). The number of benzene rings is 1. The van der Waals surface area contributed by atoms with E-state index in [1.165, 1.54) is 4.90 Å². The minimum absolute atomic E-state index is 0.00450. The molecule has 7 nitrogen and oxygen atoms in total. The summed E-state index contributed by atoms with van der Waals surface area (Å²) in [5, 5.41) is 5.63. The summed E-state index contributed by atoms with van der Waals surface area (Å²) in [5.41, 5.74) is 1.02. The van der Waals surface area contributed by atoms with Gasteiger partial charge in [0.25, 0.3) is 0 Å². The fraction of sp³-hybridized carbons (Fsp3) is 0.625. The molecule has 1 aromatic rings. The molecule has 0 spiro atoms. The standard InChI is InChI=1S/C24H39N3O4/c1-9-13-17(4)25-21(28)20(19-15-12-11-14-16(19)3)27(10-2)22(29)18(5)26-23(30)31-24(6,7)8/h11-12,14-15,17-18,20H,9-10,13H2,1-8H3,(H,25,28)(H,26,30). The van der Waals surface area contributed by atoms with Gasteiger partial charge in [-0.05, 0) is 66.0 Å². The van der Waals surface area contributed by atoms with Crippen molar-refractivity contribution in [1.82, 2.24) is 15.5 Å². The third-order valence-electron chi connectivity index (χ3n) is 4.88. The summed E-state index contributed by atoms with van der Waals surface area (Å²) in [4.78, 5) is 40.3. The number of ether oxygens (including phenoxy) is 1. The predicted octanol–water partition coefficient (Wildman–Crippen LogP) is 4.10. The first-order chi connectivity index (χ1) is 14.4. The minimum Gasteiger partial charge on any atom is -0.444 e. The maximum absolute atomic E-state index is 13.3. The number of nitrogens with zero attached hydrogens (tertiary/aromatic N) is 1. The van der Waals surface area contributed by atoms with Crippen LogP contribution in [-0.2, 0) is 14.3 Å². The molecule has 3 unspecified atom stereocenters. The Hall–Kier alpha value is -2.57. The summed E-state index contributed by atoms with van der Waals surface area (Å²) in [7, 11) is 0. The van der Waals surface area contributed by atoms with Crippen molar-refractivity contribution in [3.63, 3.8) is 0 Å². The fourth-order valence-corrected chi connectivity index (χ4v) is 3.43. The van der Waals surface area contributed by atoms with E-state index in [4.69, 9.17) is 4.74 Å². The van der Waals surface area contributed by atoms with E-state index in [0.29, 0.717) is 6.54 Å². The largest absolute Gasteiger partial charge is 0.444 e. The molecule has 7 heteroatoms. The van der Waals surface area contributed by atoms with Crippen LogP contribution in [0, 0.1) is 6.92 Å². The molecule has 0 aromatic heterocycles. The third kappa shape index (κ3) is 8.23. The second kappa shape index (κ2) is 11.7. The Bertz CT molecular complexity index is 757. The van der Waals surface area contributed by atoms with Gasteiger partial charge in [0.15, 0.2) is 0 Å². The summed E-state index contributed by atoms with van der Waals surface area (Å²) >= 11 is 0. The molecule has 0 radical (unpaired) electrons. The van der Waals surface area contributed by atoms with E-state index in [2.05, 4.69) is 17.6 Å². The number of amides is 3. The van der Waals surface area contributed by atoms with Gasteiger partial charge in [0.05, 0.1) is 0 Å². The average molecular weight is 434 g/mol. The van der Waals surface area contributed by atoms with E-state index in [1.54, 1.807) is 27.7 Å². The zero-order chi connectivity index (χ0) is 23.8. The van der Waals surface area contributed by atoms with Crippen molar-refractivity contribution in [3.05, 3.63) is 35.4 Å². The molecule has 0 saturated carbocycles. The van der Waals surface area contributed by atoms with Gasteiger partial charge in [-0.25, -0.2) is 4.79 Å². The van der Waals surface area contributed by atoms with Crippen molar-refractivity contribution in [1.29, 1.82) is 0 Å². The number of likely N-dealkylation sites (N-methyl/N-ethyl adjacent to an activating group) is 1. The lowest BCUT2D eigenvalue weighted by molar-refractivity contribution is -0.142. The summed E-state index contributed by atoms with van der Waals surface area (Å²) in [6, 6.07) is 5.91. The number of nitrogens with one attached hydrogen (secondary N) is 2. The second-order valence-electron chi connectivity index (χ2n) is 8.95. The van der Waals surface area contributed by atoms with Crippen molar-refractivity contribution in [2.24, 2.45) is 0 Å². The van der Waals surface area contributed by atoms with Gasteiger partial charge in [-0.1, -0.05) is 37.6 Å². The van der Waals surface area contributed by atoms with Crippen LogP contribution in [-0.4, -0.2) is 47.0 Å². The first kappa shape index (κ1) is 26.5. The number of hydrogen-bond donors (Lipinski definition) is 2. The highest BCUT2D eigenvalue weighted by Gasteiger charge is 2.34. The number of carbonyl (C=O) groups is 3. The second-order valence-corrected chi connectivity index (χ2v) is 8.95. The molecular formula is C24H39N3O4. The Morgan fingerprint density at radius 2 is 1.68 bits per heavy atom. The zero-order valence-electron chi connectivity index (χ0n) is 20.2. The molecule has 174 valence electrons. The molecule has 31 heavy (non-hydrogen) atoms. The summed E-state index contributed by atoms with van der Waals surface area (Å²) in [6.07, 6.45) is 1.13. The van der Waals surface area contributed by atoms with Crippen LogP contribution in [0.4, 0.5) is 4.79 Å². The first-order valence-corrected chi connectivity index (χ1v) is 11.1. The van der Waals surface area contributed by atoms with Crippen LogP contribution in [0.25, 0.3) is 0 Å². The van der Waals surface area contributed by atoms with E-state index >= 15 is 0 Å². The Kier molecular flexibility index (Phi) is 10.0. The lowest BCUT2D eigenvalue weighted by Crippen LogP contribution is -2.52. The topological polar surface area (TPSA) is 87.7 Å². The predicted molar refractivity (Wildman–Crippen MR) is 123 cm³/mol. The van der Waals surface area contributed by atoms with Crippen LogP contribution in [0.5, 0.6) is 0 Å². The van der Waals surface area contributed by atoms with Crippen LogP contribution in [0.1, 0.15) is 78.5 Å².